The molecule has 0 unspecified atom stereocenters. The maximum atomic E-state index is 14.6. The van der Waals surface area contributed by atoms with Gasteiger partial charge in [-0.3, -0.25) is 9.48 Å². The monoisotopic (exact) mass is 343 g/mol. The summed E-state index contributed by atoms with van der Waals surface area (Å²) in [4.78, 5) is 24.6. The highest BCUT2D eigenvalue weighted by atomic mass is 19.1. The van der Waals surface area contributed by atoms with E-state index >= 15 is 0 Å². The zero-order valence-corrected chi connectivity index (χ0v) is 14.2. The van der Waals surface area contributed by atoms with Gasteiger partial charge in [-0.25, -0.2) is 9.18 Å². The van der Waals surface area contributed by atoms with Crippen LogP contribution < -0.4 is 5.43 Å². The van der Waals surface area contributed by atoms with E-state index in [0.717, 1.165) is 6.07 Å². The van der Waals surface area contributed by atoms with Crippen LogP contribution in [0.3, 0.4) is 0 Å². The number of fused-ring (bicyclic) bond motifs is 1. The molecule has 0 radical (unpaired) electrons. The lowest BCUT2D eigenvalue weighted by Gasteiger charge is -2.12. The Morgan fingerprint density at radius 2 is 2.08 bits per heavy atom. The number of halogens is 1. The van der Waals surface area contributed by atoms with Gasteiger partial charge in [-0.15, -0.1) is 0 Å². The number of ether oxygens (including phenoxy) is 1. The number of esters is 1. The standard InChI is InChI=1S/C18H18FN3O3/c1-4-22-10-13(18(24)25-5-2)17(23)12-8-14(19)11(9-16(12)22)15-6-7-21(3)20-15/h6-10H,4-5H2,1-3H3. The van der Waals surface area contributed by atoms with E-state index in [1.807, 2.05) is 6.92 Å². The molecule has 25 heavy (non-hydrogen) atoms. The Hall–Kier alpha value is -2.96. The third kappa shape index (κ3) is 2.93. The molecule has 130 valence electrons. The van der Waals surface area contributed by atoms with Crippen molar-refractivity contribution in [3.8, 4) is 11.3 Å². The molecular weight excluding hydrogens is 325 g/mol. The zero-order valence-electron chi connectivity index (χ0n) is 14.2. The lowest BCUT2D eigenvalue weighted by Crippen LogP contribution is -2.21. The van der Waals surface area contributed by atoms with Crippen molar-refractivity contribution in [2.24, 2.45) is 7.05 Å². The van der Waals surface area contributed by atoms with E-state index in [-0.39, 0.29) is 17.6 Å². The molecule has 0 bridgehead atoms. The molecule has 0 amide bonds. The summed E-state index contributed by atoms with van der Waals surface area (Å²) in [6, 6.07) is 4.45. The first-order valence-electron chi connectivity index (χ1n) is 8.00. The molecule has 0 aliphatic rings. The number of aromatic nitrogens is 3. The smallest absolute Gasteiger partial charge is 0.343 e. The summed E-state index contributed by atoms with van der Waals surface area (Å²) in [5.41, 5.74) is 0.693. The number of aryl methyl sites for hydroxylation is 2. The van der Waals surface area contributed by atoms with Crippen molar-refractivity contribution in [3.05, 3.63) is 52.2 Å². The molecular formula is C18H18FN3O3. The third-order valence-electron chi connectivity index (χ3n) is 3.99. The summed E-state index contributed by atoms with van der Waals surface area (Å²) >= 11 is 0. The molecule has 3 aromatic rings. The van der Waals surface area contributed by atoms with E-state index in [2.05, 4.69) is 5.10 Å². The minimum Gasteiger partial charge on any atom is -0.462 e. The van der Waals surface area contributed by atoms with Gasteiger partial charge < -0.3 is 9.30 Å². The van der Waals surface area contributed by atoms with Crippen LogP contribution in [0.25, 0.3) is 22.2 Å². The summed E-state index contributed by atoms with van der Waals surface area (Å²) < 4.78 is 22.8. The summed E-state index contributed by atoms with van der Waals surface area (Å²) in [5, 5.41) is 4.35. The van der Waals surface area contributed by atoms with Crippen LogP contribution in [-0.4, -0.2) is 26.9 Å². The van der Waals surface area contributed by atoms with Gasteiger partial charge in [0, 0.05) is 36.9 Å². The normalized spacial score (nSPS) is 11.0. The number of pyridine rings is 1. The van der Waals surface area contributed by atoms with E-state index in [1.54, 1.807) is 41.5 Å². The van der Waals surface area contributed by atoms with Crippen molar-refractivity contribution in [1.82, 2.24) is 14.3 Å². The summed E-state index contributed by atoms with van der Waals surface area (Å²) in [7, 11) is 1.75. The number of carbonyl (C=O) groups excluding carboxylic acids is 1. The maximum absolute atomic E-state index is 14.6. The van der Waals surface area contributed by atoms with Gasteiger partial charge in [-0.1, -0.05) is 0 Å². The van der Waals surface area contributed by atoms with Crippen LogP contribution in [0, 0.1) is 5.82 Å². The Morgan fingerprint density at radius 3 is 2.68 bits per heavy atom. The summed E-state index contributed by atoms with van der Waals surface area (Å²) in [6.07, 6.45) is 3.18. The number of benzene rings is 1. The highest BCUT2D eigenvalue weighted by Gasteiger charge is 2.19. The van der Waals surface area contributed by atoms with Crippen molar-refractivity contribution in [3.63, 3.8) is 0 Å². The number of rotatable bonds is 4. The van der Waals surface area contributed by atoms with Crippen LogP contribution in [0.4, 0.5) is 4.39 Å². The minimum atomic E-state index is -0.703. The largest absolute Gasteiger partial charge is 0.462 e. The van der Waals surface area contributed by atoms with E-state index < -0.39 is 17.2 Å². The van der Waals surface area contributed by atoms with Gasteiger partial charge in [0.15, 0.2) is 0 Å². The average molecular weight is 343 g/mol. The van der Waals surface area contributed by atoms with Gasteiger partial charge in [-0.2, -0.15) is 5.10 Å². The van der Waals surface area contributed by atoms with Gasteiger partial charge in [0.05, 0.1) is 17.8 Å². The number of carbonyl (C=O) groups is 1. The first kappa shape index (κ1) is 16.9. The Bertz CT molecular complexity index is 1020. The van der Waals surface area contributed by atoms with Gasteiger partial charge in [0.2, 0.25) is 5.43 Å². The van der Waals surface area contributed by atoms with E-state index in [1.165, 1.54) is 6.20 Å². The summed E-state index contributed by atoms with van der Waals surface area (Å²) in [5.74, 6) is -1.27. The summed E-state index contributed by atoms with van der Waals surface area (Å²) in [6.45, 7) is 4.21. The van der Waals surface area contributed by atoms with Crippen LogP contribution in [0.1, 0.15) is 24.2 Å². The molecule has 2 aromatic heterocycles. The number of hydrogen-bond donors (Lipinski definition) is 0. The van der Waals surface area contributed by atoms with Crippen molar-refractivity contribution < 1.29 is 13.9 Å². The molecule has 0 fully saturated rings. The topological polar surface area (TPSA) is 66.1 Å². The van der Waals surface area contributed by atoms with Crippen LogP contribution in [-0.2, 0) is 18.3 Å². The second kappa shape index (κ2) is 6.51. The second-order valence-corrected chi connectivity index (χ2v) is 5.60. The van der Waals surface area contributed by atoms with Crippen molar-refractivity contribution in [1.29, 1.82) is 0 Å². The molecule has 0 N–H and O–H groups in total. The Morgan fingerprint density at radius 1 is 1.32 bits per heavy atom. The molecule has 0 saturated carbocycles. The first-order chi connectivity index (χ1) is 12.0. The number of hydrogen-bond acceptors (Lipinski definition) is 4. The molecule has 6 nitrogen and oxygen atoms in total. The zero-order chi connectivity index (χ0) is 18.1. The molecule has 0 aliphatic heterocycles. The fraction of sp³-hybridized carbons (Fsp3) is 0.278. The van der Waals surface area contributed by atoms with E-state index in [9.17, 15) is 14.0 Å². The molecule has 3 rings (SSSR count). The van der Waals surface area contributed by atoms with Crippen LogP contribution in [0.2, 0.25) is 0 Å². The Kier molecular flexibility index (Phi) is 4.39. The molecule has 0 spiro atoms. The van der Waals surface area contributed by atoms with Crippen molar-refractivity contribution in [2.75, 3.05) is 6.61 Å². The average Bonchev–Trinajstić information content (AvgIpc) is 3.01. The maximum Gasteiger partial charge on any atom is 0.343 e. The third-order valence-corrected chi connectivity index (χ3v) is 3.99. The predicted octanol–water partition coefficient (Wildman–Crippen LogP) is 2.74. The lowest BCUT2D eigenvalue weighted by atomic mass is 10.1. The van der Waals surface area contributed by atoms with Crippen LogP contribution in [0.15, 0.2) is 35.4 Å². The molecule has 0 aliphatic carbocycles. The van der Waals surface area contributed by atoms with Gasteiger partial charge in [0.1, 0.15) is 11.4 Å². The number of nitrogens with zero attached hydrogens (tertiary/aromatic N) is 3. The van der Waals surface area contributed by atoms with Crippen LogP contribution in [0.5, 0.6) is 0 Å². The van der Waals surface area contributed by atoms with Gasteiger partial charge in [0.25, 0.3) is 0 Å². The fourth-order valence-electron chi connectivity index (χ4n) is 2.78. The van der Waals surface area contributed by atoms with Gasteiger partial charge >= 0.3 is 5.97 Å². The van der Waals surface area contributed by atoms with E-state index in [0.29, 0.717) is 23.3 Å². The lowest BCUT2D eigenvalue weighted by molar-refractivity contribution is 0.0524. The fourth-order valence-corrected chi connectivity index (χ4v) is 2.78. The Balaban J connectivity index is 2.29. The molecule has 0 atom stereocenters. The van der Waals surface area contributed by atoms with Gasteiger partial charge in [-0.05, 0) is 32.0 Å². The van der Waals surface area contributed by atoms with Crippen molar-refractivity contribution >= 4 is 16.9 Å². The predicted molar refractivity (Wildman–Crippen MR) is 92.0 cm³/mol. The highest BCUT2D eigenvalue weighted by Crippen LogP contribution is 2.26. The molecule has 1 aromatic carbocycles. The molecule has 0 saturated heterocycles. The second-order valence-electron chi connectivity index (χ2n) is 5.60. The van der Waals surface area contributed by atoms with Crippen molar-refractivity contribution in [2.45, 2.75) is 20.4 Å². The molecule has 2 heterocycles. The minimum absolute atomic E-state index is 0.0961. The highest BCUT2D eigenvalue weighted by molar-refractivity contribution is 5.94. The first-order valence-corrected chi connectivity index (χ1v) is 8.00. The van der Waals surface area contributed by atoms with Crippen LogP contribution >= 0.6 is 0 Å². The quantitative estimate of drug-likeness (QED) is 0.683. The van der Waals surface area contributed by atoms with E-state index in [4.69, 9.17) is 4.74 Å². The SMILES string of the molecule is CCOC(=O)c1cn(CC)c2cc(-c3ccn(C)n3)c(F)cc2c1=O. The Labute approximate surface area is 143 Å². The molecule has 7 heteroatoms.